The van der Waals surface area contributed by atoms with Crippen molar-refractivity contribution in [2.75, 3.05) is 26.9 Å². The van der Waals surface area contributed by atoms with Crippen molar-refractivity contribution in [1.29, 1.82) is 0 Å². The molecule has 1 atom stereocenters. The topological polar surface area (TPSA) is 125 Å². The Morgan fingerprint density at radius 3 is 2.52 bits per heavy atom. The fourth-order valence-electron chi connectivity index (χ4n) is 6.89. The summed E-state index contributed by atoms with van der Waals surface area (Å²) in [7, 11) is -2.73. The first-order chi connectivity index (χ1) is 22.7. The van der Waals surface area contributed by atoms with Crippen LogP contribution in [0.1, 0.15) is 78.2 Å². The van der Waals surface area contributed by atoms with Gasteiger partial charge in [-0.2, -0.15) is 4.31 Å². The highest BCUT2D eigenvalue weighted by atomic mass is 32.2. The summed E-state index contributed by atoms with van der Waals surface area (Å²) in [5.74, 6) is -1.49. The minimum absolute atomic E-state index is 0.0183. The quantitative estimate of drug-likeness (QED) is 0.234. The van der Waals surface area contributed by atoms with E-state index in [0.717, 1.165) is 11.1 Å². The molecular weight excluding hydrogens is 644 g/mol. The van der Waals surface area contributed by atoms with Crippen LogP contribution in [0.3, 0.4) is 0 Å². The van der Waals surface area contributed by atoms with E-state index in [0.29, 0.717) is 48.3 Å². The van der Waals surface area contributed by atoms with Crippen molar-refractivity contribution in [2.45, 2.75) is 76.8 Å². The molecular formula is C34H39F2N5O6S. The van der Waals surface area contributed by atoms with Crippen molar-refractivity contribution in [3.8, 4) is 5.88 Å². The minimum Gasteiger partial charge on any atom is -0.469 e. The zero-order valence-corrected chi connectivity index (χ0v) is 28.6. The zero-order chi connectivity index (χ0) is 34.6. The van der Waals surface area contributed by atoms with Crippen LogP contribution in [0.25, 0.3) is 5.65 Å². The number of ether oxygens (including phenoxy) is 3. The van der Waals surface area contributed by atoms with Crippen molar-refractivity contribution >= 4 is 21.6 Å². The summed E-state index contributed by atoms with van der Waals surface area (Å²) in [6.45, 7) is 9.98. The Morgan fingerprint density at radius 1 is 1.10 bits per heavy atom. The van der Waals surface area contributed by atoms with Crippen LogP contribution in [0.4, 0.5) is 8.78 Å². The van der Waals surface area contributed by atoms with Crippen LogP contribution in [-0.4, -0.2) is 70.7 Å². The monoisotopic (exact) mass is 683 g/mol. The number of halogens is 2. The van der Waals surface area contributed by atoms with Gasteiger partial charge in [0, 0.05) is 37.7 Å². The number of alkyl halides is 2. The molecule has 3 aromatic heterocycles. The van der Waals surface area contributed by atoms with E-state index in [4.69, 9.17) is 14.2 Å². The van der Waals surface area contributed by atoms with Crippen LogP contribution in [0.5, 0.6) is 5.88 Å². The number of nitrogens with zero attached hydrogens (tertiary/aromatic N) is 5. The number of hydrogen-bond donors (Lipinski definition) is 0. The molecule has 5 heterocycles. The van der Waals surface area contributed by atoms with Gasteiger partial charge in [-0.15, -0.1) is 10.2 Å². The maximum Gasteiger partial charge on any atom is 0.312 e. The van der Waals surface area contributed by atoms with Gasteiger partial charge in [0.15, 0.2) is 5.65 Å². The second-order valence-corrected chi connectivity index (χ2v) is 15.2. The molecule has 0 saturated carbocycles. The number of benzene rings is 1. The number of aromatic nitrogens is 4. The molecule has 0 unspecified atom stereocenters. The molecule has 0 amide bonds. The number of methoxy groups -OCH3 is 1. The van der Waals surface area contributed by atoms with Crippen molar-refractivity contribution in [1.82, 2.24) is 23.9 Å². The maximum absolute atomic E-state index is 14.3. The molecule has 48 heavy (non-hydrogen) atoms. The Balaban J connectivity index is 1.47. The zero-order valence-electron chi connectivity index (χ0n) is 27.8. The summed E-state index contributed by atoms with van der Waals surface area (Å²) in [4.78, 5) is 17.7. The molecule has 0 radical (unpaired) electrons. The first-order valence-electron chi connectivity index (χ1n) is 15.7. The number of sulfonamides is 1. The number of carbonyl (C=O) groups excluding carboxylic acids is 1. The van der Waals surface area contributed by atoms with Crippen molar-refractivity contribution < 1.29 is 36.2 Å². The molecule has 1 spiro atoms. The normalized spacial score (nSPS) is 18.4. The van der Waals surface area contributed by atoms with Gasteiger partial charge in [-0.25, -0.2) is 22.2 Å². The van der Waals surface area contributed by atoms with Crippen LogP contribution in [-0.2, 0) is 30.8 Å². The molecule has 4 aromatic rings. The Hall–Kier alpha value is -4.01. The van der Waals surface area contributed by atoms with Crippen molar-refractivity contribution in [3.63, 3.8) is 0 Å². The third-order valence-electron chi connectivity index (χ3n) is 9.64. The summed E-state index contributed by atoms with van der Waals surface area (Å²) in [5, 5.41) is 7.74. The molecule has 6 rings (SSSR count). The van der Waals surface area contributed by atoms with Crippen molar-refractivity contribution in [2.24, 2.45) is 5.41 Å². The fourth-order valence-corrected chi connectivity index (χ4v) is 8.53. The molecule has 11 nitrogen and oxygen atoms in total. The van der Waals surface area contributed by atoms with E-state index >= 15 is 0 Å². The highest BCUT2D eigenvalue weighted by Gasteiger charge is 2.46. The molecule has 256 valence electrons. The highest BCUT2D eigenvalue weighted by molar-refractivity contribution is 7.89. The molecule has 2 aliphatic rings. The number of pyridine rings is 2. The lowest BCUT2D eigenvalue weighted by Gasteiger charge is -2.38. The Bertz CT molecular complexity index is 1990. The smallest absolute Gasteiger partial charge is 0.312 e. The first-order valence-corrected chi connectivity index (χ1v) is 17.2. The number of hydrogen-bond acceptors (Lipinski definition) is 9. The number of rotatable bonds is 7. The Labute approximate surface area is 278 Å². The van der Waals surface area contributed by atoms with Gasteiger partial charge in [0.25, 0.3) is 6.43 Å². The van der Waals surface area contributed by atoms with Crippen LogP contribution < -0.4 is 4.74 Å². The van der Waals surface area contributed by atoms with E-state index in [9.17, 15) is 22.0 Å². The molecule has 1 saturated heterocycles. The minimum atomic E-state index is -4.05. The standard InChI is InChI=1S/C34H39F2N5O6S/c1-20-15-26-31(37-17-20)47-34(10-13-46-14-11-34)19-40(48(26,43)44)18-24-16-23(8-7-21(24)2)27(33(4,5)32(42)45-6)25-9-12-41-29(22(25)3)38-39-30(41)28(35)36/h7-9,12,15-17,27-28H,10-11,13-14,18-19H2,1-6H3/t27-/m1/s1. The second kappa shape index (κ2) is 12.5. The number of esters is 1. The highest BCUT2D eigenvalue weighted by Crippen LogP contribution is 2.45. The van der Waals surface area contributed by atoms with Gasteiger partial charge in [0.05, 0.1) is 32.3 Å². The molecule has 0 N–H and O–H groups in total. The number of aryl methyl sites for hydroxylation is 3. The third kappa shape index (κ3) is 5.83. The van der Waals surface area contributed by atoms with E-state index in [-0.39, 0.29) is 29.5 Å². The molecule has 0 bridgehead atoms. The Morgan fingerprint density at radius 2 is 1.83 bits per heavy atom. The van der Waals surface area contributed by atoms with Gasteiger partial charge < -0.3 is 14.2 Å². The second-order valence-electron chi connectivity index (χ2n) is 13.3. The van der Waals surface area contributed by atoms with Gasteiger partial charge in [-0.3, -0.25) is 9.20 Å². The number of carbonyl (C=O) groups is 1. The predicted molar refractivity (Wildman–Crippen MR) is 171 cm³/mol. The van der Waals surface area contributed by atoms with Gasteiger partial charge in [-0.1, -0.05) is 18.2 Å². The van der Waals surface area contributed by atoms with Crippen LogP contribution in [0, 0.1) is 26.2 Å². The largest absolute Gasteiger partial charge is 0.469 e. The van der Waals surface area contributed by atoms with E-state index < -0.39 is 45.2 Å². The lowest BCUT2D eigenvalue weighted by Crippen LogP contribution is -2.50. The average Bonchev–Trinajstić information content (AvgIpc) is 3.46. The van der Waals surface area contributed by atoms with Gasteiger partial charge >= 0.3 is 5.97 Å². The SMILES string of the molecule is COC(=O)C(C)(C)[C@H](c1ccc(C)c(CN2CC3(CCOCC3)Oc3ncc(C)cc3S2(=O)=O)c1)c1ccn2c(C(F)F)nnc2c1C. The number of fused-ring (bicyclic) bond motifs is 2. The summed E-state index contributed by atoms with van der Waals surface area (Å²) in [6.07, 6.45) is 1.26. The lowest BCUT2D eigenvalue weighted by molar-refractivity contribution is -0.151. The molecule has 0 aliphatic carbocycles. The van der Waals surface area contributed by atoms with Gasteiger partial charge in [0.1, 0.15) is 10.5 Å². The third-order valence-corrected chi connectivity index (χ3v) is 11.4. The average molecular weight is 684 g/mol. The van der Waals surface area contributed by atoms with Crippen LogP contribution in [0.15, 0.2) is 47.6 Å². The first kappa shape index (κ1) is 33.9. The summed E-state index contributed by atoms with van der Waals surface area (Å²) in [5.41, 5.74) is 2.54. The molecule has 1 aromatic carbocycles. The van der Waals surface area contributed by atoms with Crippen LogP contribution >= 0.6 is 0 Å². The van der Waals surface area contributed by atoms with Crippen molar-refractivity contribution in [3.05, 3.63) is 81.9 Å². The summed E-state index contributed by atoms with van der Waals surface area (Å²) in [6, 6.07) is 8.99. The van der Waals surface area contributed by atoms with E-state index in [2.05, 4.69) is 15.2 Å². The summed E-state index contributed by atoms with van der Waals surface area (Å²) >= 11 is 0. The molecule has 1 fully saturated rings. The molecule has 2 aliphatic heterocycles. The fraction of sp³-hybridized carbons (Fsp3) is 0.471. The Kier molecular flexibility index (Phi) is 8.79. The summed E-state index contributed by atoms with van der Waals surface area (Å²) < 4.78 is 75.9. The van der Waals surface area contributed by atoms with E-state index in [1.54, 1.807) is 46.0 Å². The van der Waals surface area contributed by atoms with E-state index in [1.807, 2.05) is 25.1 Å². The predicted octanol–water partition coefficient (Wildman–Crippen LogP) is 5.45. The van der Waals surface area contributed by atoms with E-state index in [1.165, 1.54) is 22.0 Å². The van der Waals surface area contributed by atoms with Gasteiger partial charge in [0.2, 0.25) is 21.7 Å². The van der Waals surface area contributed by atoms with Crippen LogP contribution in [0.2, 0.25) is 0 Å². The molecule has 14 heteroatoms. The lowest BCUT2D eigenvalue weighted by atomic mass is 9.70. The maximum atomic E-state index is 14.3. The van der Waals surface area contributed by atoms with Gasteiger partial charge in [-0.05, 0) is 80.1 Å².